The number of rotatable bonds is 3. The van der Waals surface area contributed by atoms with Crippen molar-refractivity contribution in [3.63, 3.8) is 0 Å². The number of hydrogen-bond acceptors (Lipinski definition) is 3. The van der Waals surface area contributed by atoms with Gasteiger partial charge in [0.15, 0.2) is 0 Å². The lowest BCUT2D eigenvalue weighted by atomic mass is 10.2. The summed E-state index contributed by atoms with van der Waals surface area (Å²) in [6, 6.07) is 3.61. The highest BCUT2D eigenvalue weighted by Gasteiger charge is 2.21. The summed E-state index contributed by atoms with van der Waals surface area (Å²) < 4.78 is 18.4. The first kappa shape index (κ1) is 16.9. The van der Waals surface area contributed by atoms with Crippen LogP contribution >= 0.6 is 0 Å². The molecule has 2 amide bonds. The summed E-state index contributed by atoms with van der Waals surface area (Å²) in [5, 5.41) is 4.99. The number of amides is 2. The number of carbonyl (C=O) groups excluding carboxylic acids is 2. The molecule has 0 heterocycles. The number of carbonyl (C=O) groups is 2. The third kappa shape index (κ3) is 5.41. The highest BCUT2D eigenvalue weighted by atomic mass is 19.1. The van der Waals surface area contributed by atoms with E-state index < -0.39 is 29.5 Å². The van der Waals surface area contributed by atoms with Crippen molar-refractivity contribution in [2.75, 3.05) is 5.32 Å². The van der Waals surface area contributed by atoms with Crippen LogP contribution in [0.25, 0.3) is 0 Å². The Kier molecular flexibility index (Phi) is 5.29. The fourth-order valence-corrected chi connectivity index (χ4v) is 1.53. The molecule has 0 aromatic heterocycles. The van der Waals surface area contributed by atoms with E-state index in [1.807, 2.05) is 0 Å². The van der Waals surface area contributed by atoms with Gasteiger partial charge in [-0.05, 0) is 46.8 Å². The summed E-state index contributed by atoms with van der Waals surface area (Å²) in [5.41, 5.74) is 0.0764. The van der Waals surface area contributed by atoms with E-state index in [1.165, 1.54) is 19.1 Å². The van der Waals surface area contributed by atoms with E-state index >= 15 is 0 Å². The summed E-state index contributed by atoms with van der Waals surface area (Å²) in [6.07, 6.45) is -0.680. The molecule has 21 heavy (non-hydrogen) atoms. The Bertz CT molecular complexity index is 538. The first-order valence-corrected chi connectivity index (χ1v) is 6.65. The lowest BCUT2D eigenvalue weighted by Crippen LogP contribution is -2.44. The lowest BCUT2D eigenvalue weighted by Gasteiger charge is -2.21. The predicted octanol–water partition coefficient (Wildman–Crippen LogP) is 2.99. The number of nitrogens with one attached hydrogen (secondary N) is 2. The summed E-state index contributed by atoms with van der Waals surface area (Å²) in [4.78, 5) is 23.5. The molecule has 0 aliphatic rings. The van der Waals surface area contributed by atoms with Crippen LogP contribution in [0.3, 0.4) is 0 Å². The van der Waals surface area contributed by atoms with Crippen LogP contribution in [0.4, 0.5) is 14.9 Å². The van der Waals surface area contributed by atoms with Crippen LogP contribution in [-0.4, -0.2) is 23.6 Å². The number of anilines is 1. The van der Waals surface area contributed by atoms with Crippen molar-refractivity contribution in [3.8, 4) is 0 Å². The molecule has 0 aliphatic carbocycles. The van der Waals surface area contributed by atoms with Crippen molar-refractivity contribution >= 4 is 17.7 Å². The molecule has 0 saturated heterocycles. The predicted molar refractivity (Wildman–Crippen MR) is 78.6 cm³/mol. The van der Waals surface area contributed by atoms with E-state index in [9.17, 15) is 14.0 Å². The van der Waals surface area contributed by atoms with Gasteiger partial charge < -0.3 is 15.4 Å². The van der Waals surface area contributed by atoms with Crippen LogP contribution in [0.15, 0.2) is 18.2 Å². The molecule has 6 heteroatoms. The fourth-order valence-electron chi connectivity index (χ4n) is 1.53. The Labute approximate surface area is 123 Å². The average molecular weight is 296 g/mol. The highest BCUT2D eigenvalue weighted by molar-refractivity contribution is 5.96. The molecule has 0 spiro atoms. The molecule has 0 radical (unpaired) electrons. The molecule has 0 saturated carbocycles. The molecule has 5 nitrogen and oxygen atoms in total. The molecule has 1 aromatic rings. The Morgan fingerprint density at radius 3 is 2.48 bits per heavy atom. The van der Waals surface area contributed by atoms with Crippen molar-refractivity contribution < 1.29 is 18.7 Å². The van der Waals surface area contributed by atoms with E-state index in [0.29, 0.717) is 11.3 Å². The minimum atomic E-state index is -0.803. The number of halogens is 1. The van der Waals surface area contributed by atoms with Crippen LogP contribution < -0.4 is 10.6 Å². The van der Waals surface area contributed by atoms with Gasteiger partial charge in [-0.2, -0.15) is 0 Å². The normalized spacial score (nSPS) is 12.5. The van der Waals surface area contributed by atoms with Gasteiger partial charge >= 0.3 is 6.09 Å². The summed E-state index contributed by atoms with van der Waals surface area (Å²) in [5.74, 6) is -0.852. The average Bonchev–Trinajstić information content (AvgIpc) is 2.32. The second kappa shape index (κ2) is 6.56. The monoisotopic (exact) mass is 296 g/mol. The van der Waals surface area contributed by atoms with Crippen LogP contribution in [-0.2, 0) is 9.53 Å². The van der Waals surface area contributed by atoms with E-state index in [4.69, 9.17) is 4.74 Å². The van der Waals surface area contributed by atoms with Gasteiger partial charge in [-0.25, -0.2) is 9.18 Å². The van der Waals surface area contributed by atoms with Gasteiger partial charge in [0.25, 0.3) is 0 Å². The molecular formula is C15H21FN2O3. The molecule has 116 valence electrons. The highest BCUT2D eigenvalue weighted by Crippen LogP contribution is 2.17. The fraction of sp³-hybridized carbons (Fsp3) is 0.467. The van der Waals surface area contributed by atoms with Crippen molar-refractivity contribution in [3.05, 3.63) is 29.6 Å². The van der Waals surface area contributed by atoms with E-state index in [2.05, 4.69) is 10.6 Å². The summed E-state index contributed by atoms with van der Waals surface area (Å²) in [7, 11) is 0. The first-order chi connectivity index (χ1) is 9.60. The topological polar surface area (TPSA) is 67.4 Å². The molecule has 1 aromatic carbocycles. The Morgan fingerprint density at radius 1 is 1.29 bits per heavy atom. The number of alkyl carbamates (subject to hydrolysis) is 1. The standard InChI is InChI=1S/C15H21FN2O3/c1-9-11(16)7-6-8-12(9)18-13(19)10(2)17-14(20)21-15(3,4)5/h6-8,10H,1-5H3,(H,17,20)(H,18,19)/t10-/m0/s1. The lowest BCUT2D eigenvalue weighted by molar-refractivity contribution is -0.117. The van der Waals surface area contributed by atoms with Gasteiger partial charge in [-0.3, -0.25) is 4.79 Å². The van der Waals surface area contributed by atoms with E-state index in [1.54, 1.807) is 33.8 Å². The molecule has 1 atom stereocenters. The number of hydrogen-bond donors (Lipinski definition) is 2. The van der Waals surface area contributed by atoms with Crippen LogP contribution in [0.1, 0.15) is 33.3 Å². The van der Waals surface area contributed by atoms with Gasteiger partial charge in [-0.15, -0.1) is 0 Å². The van der Waals surface area contributed by atoms with Gasteiger partial charge in [0.2, 0.25) is 5.91 Å². The zero-order valence-corrected chi connectivity index (χ0v) is 12.9. The molecule has 0 fully saturated rings. The Balaban J connectivity index is 2.63. The molecule has 0 unspecified atom stereocenters. The van der Waals surface area contributed by atoms with Crippen LogP contribution in [0, 0.1) is 12.7 Å². The van der Waals surface area contributed by atoms with Gasteiger partial charge in [0.1, 0.15) is 17.5 Å². The Hall–Kier alpha value is -2.11. The SMILES string of the molecule is Cc1c(F)cccc1NC(=O)[C@H](C)NC(=O)OC(C)(C)C. The summed E-state index contributed by atoms with van der Waals surface area (Å²) in [6.45, 7) is 8.28. The van der Waals surface area contributed by atoms with Crippen LogP contribution in [0.5, 0.6) is 0 Å². The smallest absolute Gasteiger partial charge is 0.408 e. The maximum atomic E-state index is 13.4. The van der Waals surface area contributed by atoms with Crippen molar-refractivity contribution in [2.45, 2.75) is 46.3 Å². The maximum absolute atomic E-state index is 13.4. The minimum Gasteiger partial charge on any atom is -0.444 e. The third-order valence-electron chi connectivity index (χ3n) is 2.65. The quantitative estimate of drug-likeness (QED) is 0.901. The molecule has 0 bridgehead atoms. The largest absolute Gasteiger partial charge is 0.444 e. The Morgan fingerprint density at radius 2 is 1.90 bits per heavy atom. The second-order valence-corrected chi connectivity index (χ2v) is 5.77. The van der Waals surface area contributed by atoms with Gasteiger partial charge in [0.05, 0.1) is 0 Å². The minimum absolute atomic E-state index is 0.343. The zero-order chi connectivity index (χ0) is 16.2. The van der Waals surface area contributed by atoms with E-state index in [0.717, 1.165) is 0 Å². The molecule has 1 rings (SSSR count). The van der Waals surface area contributed by atoms with Crippen molar-refractivity contribution in [1.29, 1.82) is 0 Å². The van der Waals surface area contributed by atoms with Crippen LogP contribution in [0.2, 0.25) is 0 Å². The zero-order valence-electron chi connectivity index (χ0n) is 12.9. The summed E-state index contributed by atoms with van der Waals surface area (Å²) >= 11 is 0. The molecule has 2 N–H and O–H groups in total. The van der Waals surface area contributed by atoms with Crippen molar-refractivity contribution in [1.82, 2.24) is 5.32 Å². The van der Waals surface area contributed by atoms with E-state index in [-0.39, 0.29) is 0 Å². The van der Waals surface area contributed by atoms with Gasteiger partial charge in [0, 0.05) is 11.3 Å². The molecule has 0 aliphatic heterocycles. The third-order valence-corrected chi connectivity index (χ3v) is 2.65. The number of benzene rings is 1. The maximum Gasteiger partial charge on any atom is 0.408 e. The first-order valence-electron chi connectivity index (χ1n) is 6.65. The van der Waals surface area contributed by atoms with Gasteiger partial charge in [-0.1, -0.05) is 6.07 Å². The molecular weight excluding hydrogens is 275 g/mol. The second-order valence-electron chi connectivity index (χ2n) is 5.77. The van der Waals surface area contributed by atoms with Crippen molar-refractivity contribution in [2.24, 2.45) is 0 Å². The number of ether oxygens (including phenoxy) is 1.